The zero-order valence-electron chi connectivity index (χ0n) is 20.0. The van der Waals surface area contributed by atoms with Gasteiger partial charge in [-0.15, -0.1) is 10.2 Å². The Labute approximate surface area is 201 Å². The van der Waals surface area contributed by atoms with E-state index in [9.17, 15) is 14.0 Å². The highest BCUT2D eigenvalue weighted by Gasteiger charge is 2.17. The minimum atomic E-state index is -0.616. The number of hydrogen-bond acceptors (Lipinski definition) is 7. The number of fused-ring (bicyclic) bond motifs is 1. The Morgan fingerprint density at radius 2 is 1.66 bits per heavy atom. The van der Waals surface area contributed by atoms with E-state index < -0.39 is 17.1 Å². The predicted octanol–water partition coefficient (Wildman–Crippen LogP) is 2.82. The van der Waals surface area contributed by atoms with Gasteiger partial charge in [0.1, 0.15) is 5.82 Å². The molecule has 0 bridgehead atoms. The molecule has 0 amide bonds. The van der Waals surface area contributed by atoms with Crippen LogP contribution >= 0.6 is 0 Å². The van der Waals surface area contributed by atoms with Gasteiger partial charge in [-0.1, -0.05) is 13.8 Å². The lowest BCUT2D eigenvalue weighted by Gasteiger charge is -2.17. The summed E-state index contributed by atoms with van der Waals surface area (Å²) in [5, 5.41) is 11.7. The van der Waals surface area contributed by atoms with E-state index in [-0.39, 0.29) is 17.0 Å². The van der Waals surface area contributed by atoms with E-state index in [1.807, 2.05) is 24.3 Å². The molecule has 9 nitrogen and oxygen atoms in total. The average Bonchev–Trinajstić information content (AvgIpc) is 2.89. The summed E-state index contributed by atoms with van der Waals surface area (Å²) in [4.78, 5) is 32.4. The van der Waals surface area contributed by atoms with Gasteiger partial charge in [0.25, 0.3) is 5.56 Å². The molecule has 35 heavy (non-hydrogen) atoms. The summed E-state index contributed by atoms with van der Waals surface area (Å²) < 4.78 is 15.5. The Morgan fingerprint density at radius 1 is 0.971 bits per heavy atom. The van der Waals surface area contributed by atoms with Crippen LogP contribution in [-0.4, -0.2) is 55.4 Å². The summed E-state index contributed by atoms with van der Waals surface area (Å²) in [7, 11) is 1.37. The first-order valence-electron chi connectivity index (χ1n) is 11.6. The monoisotopic (exact) mass is 477 g/mol. The third kappa shape index (κ3) is 5.12. The van der Waals surface area contributed by atoms with Crippen molar-refractivity contribution in [1.82, 2.24) is 29.2 Å². The fourth-order valence-corrected chi connectivity index (χ4v) is 3.86. The highest BCUT2D eigenvalue weighted by atomic mass is 19.1. The maximum absolute atomic E-state index is 13.4. The number of benzene rings is 2. The van der Waals surface area contributed by atoms with Crippen molar-refractivity contribution in [3.63, 3.8) is 0 Å². The SMILES string of the molecule is CCN(CC)CCCNc1ccc(-c2nnc3c(n2)c(=O)n(C)c(=O)n3-c2ccc(F)cc2)cc1. The van der Waals surface area contributed by atoms with Crippen LogP contribution in [-0.2, 0) is 7.05 Å². The third-order valence-electron chi connectivity index (χ3n) is 5.97. The van der Waals surface area contributed by atoms with Crippen molar-refractivity contribution in [1.29, 1.82) is 0 Å². The fraction of sp³-hybridized carbons (Fsp3) is 0.320. The summed E-state index contributed by atoms with van der Waals surface area (Å²) >= 11 is 0. The van der Waals surface area contributed by atoms with Crippen molar-refractivity contribution in [2.45, 2.75) is 20.3 Å². The number of hydrogen-bond donors (Lipinski definition) is 1. The van der Waals surface area contributed by atoms with Crippen LogP contribution in [0.25, 0.3) is 28.2 Å². The molecule has 0 aliphatic rings. The molecule has 0 aliphatic carbocycles. The Bertz CT molecular complexity index is 1430. The molecule has 182 valence electrons. The minimum Gasteiger partial charge on any atom is -0.385 e. The van der Waals surface area contributed by atoms with Crippen molar-refractivity contribution in [3.05, 3.63) is 75.2 Å². The van der Waals surface area contributed by atoms with Crippen molar-refractivity contribution in [2.75, 3.05) is 31.5 Å². The first-order valence-corrected chi connectivity index (χ1v) is 11.6. The third-order valence-corrected chi connectivity index (χ3v) is 5.97. The highest BCUT2D eigenvalue weighted by Crippen LogP contribution is 2.19. The minimum absolute atomic E-state index is 0.0000269. The van der Waals surface area contributed by atoms with Crippen molar-refractivity contribution < 1.29 is 4.39 Å². The molecule has 0 radical (unpaired) electrons. The Morgan fingerprint density at radius 3 is 2.31 bits per heavy atom. The van der Waals surface area contributed by atoms with Crippen LogP contribution in [0.1, 0.15) is 20.3 Å². The highest BCUT2D eigenvalue weighted by molar-refractivity contribution is 5.73. The van der Waals surface area contributed by atoms with Gasteiger partial charge in [-0.3, -0.25) is 9.36 Å². The van der Waals surface area contributed by atoms with Gasteiger partial charge in [-0.2, -0.15) is 0 Å². The van der Waals surface area contributed by atoms with Crippen LogP contribution in [0.2, 0.25) is 0 Å². The second-order valence-electron chi connectivity index (χ2n) is 8.15. The van der Waals surface area contributed by atoms with Crippen molar-refractivity contribution in [2.24, 2.45) is 7.05 Å². The van der Waals surface area contributed by atoms with E-state index in [1.165, 1.54) is 35.9 Å². The van der Waals surface area contributed by atoms with E-state index in [4.69, 9.17) is 0 Å². The normalized spacial score (nSPS) is 11.3. The lowest BCUT2D eigenvalue weighted by atomic mass is 10.2. The second-order valence-corrected chi connectivity index (χ2v) is 8.15. The number of rotatable bonds is 9. The maximum atomic E-state index is 13.4. The molecule has 0 unspecified atom stereocenters. The number of halogens is 1. The van der Waals surface area contributed by atoms with Crippen LogP contribution in [0.15, 0.2) is 58.1 Å². The van der Waals surface area contributed by atoms with Crippen molar-refractivity contribution >= 4 is 16.9 Å². The summed E-state index contributed by atoms with van der Waals surface area (Å²) in [6.45, 7) is 8.34. The van der Waals surface area contributed by atoms with E-state index >= 15 is 0 Å². The first kappa shape index (κ1) is 24.2. The smallest absolute Gasteiger partial charge is 0.337 e. The quantitative estimate of drug-likeness (QED) is 0.370. The Kier molecular flexibility index (Phi) is 7.31. The van der Waals surface area contributed by atoms with E-state index in [0.29, 0.717) is 11.3 Å². The van der Waals surface area contributed by atoms with Crippen LogP contribution < -0.4 is 16.6 Å². The van der Waals surface area contributed by atoms with Gasteiger partial charge >= 0.3 is 5.69 Å². The molecule has 0 spiro atoms. The van der Waals surface area contributed by atoms with Gasteiger partial charge in [0.05, 0.1) is 5.69 Å². The van der Waals surface area contributed by atoms with Gasteiger partial charge in [0, 0.05) is 24.8 Å². The largest absolute Gasteiger partial charge is 0.385 e. The molecule has 0 fully saturated rings. The Hall–Kier alpha value is -3.92. The maximum Gasteiger partial charge on any atom is 0.337 e. The molecule has 0 atom stereocenters. The molecule has 1 N–H and O–H groups in total. The average molecular weight is 478 g/mol. The topological polar surface area (TPSA) is 97.9 Å². The molecular weight excluding hydrogens is 449 g/mol. The molecular formula is C25H28FN7O2. The number of nitrogens with zero attached hydrogens (tertiary/aromatic N) is 6. The van der Waals surface area contributed by atoms with Crippen LogP contribution in [0.3, 0.4) is 0 Å². The molecule has 0 saturated heterocycles. The molecule has 2 aromatic carbocycles. The number of anilines is 1. The molecule has 4 rings (SSSR count). The number of aromatic nitrogens is 5. The van der Waals surface area contributed by atoms with E-state index in [2.05, 4.69) is 39.2 Å². The van der Waals surface area contributed by atoms with Crippen molar-refractivity contribution in [3.8, 4) is 17.1 Å². The zero-order valence-corrected chi connectivity index (χ0v) is 20.0. The molecule has 0 aliphatic heterocycles. The molecule has 0 saturated carbocycles. The first-order chi connectivity index (χ1) is 16.9. The van der Waals surface area contributed by atoms with Gasteiger partial charge in [0.15, 0.2) is 17.0 Å². The summed E-state index contributed by atoms with van der Waals surface area (Å²) in [6.07, 6.45) is 1.04. The van der Waals surface area contributed by atoms with Gasteiger partial charge in [-0.25, -0.2) is 18.7 Å². The van der Waals surface area contributed by atoms with Gasteiger partial charge < -0.3 is 10.2 Å². The summed E-state index contributed by atoms with van der Waals surface area (Å²) in [5.41, 5.74) is 0.843. The zero-order chi connectivity index (χ0) is 24.9. The Balaban J connectivity index is 1.61. The summed E-state index contributed by atoms with van der Waals surface area (Å²) in [5.74, 6) is -0.170. The second kappa shape index (κ2) is 10.6. The van der Waals surface area contributed by atoms with Crippen LogP contribution in [0.5, 0.6) is 0 Å². The van der Waals surface area contributed by atoms with Crippen LogP contribution in [0, 0.1) is 5.82 Å². The van der Waals surface area contributed by atoms with E-state index in [1.54, 1.807) is 0 Å². The molecule has 4 aromatic rings. The van der Waals surface area contributed by atoms with Gasteiger partial charge in [-0.05, 0) is 74.6 Å². The number of nitrogens with one attached hydrogen (secondary N) is 1. The molecule has 2 heterocycles. The standard InChI is InChI=1S/C25H28FN7O2/c1-4-32(5-2)16-6-15-27-19-11-7-17(8-12-19)22-28-21-23(30-29-22)33(25(35)31(3)24(21)34)20-13-9-18(26)10-14-20/h7-14,27H,4-6,15-16H2,1-3H3. The molecule has 2 aromatic heterocycles. The fourth-order valence-electron chi connectivity index (χ4n) is 3.86. The molecule has 10 heteroatoms. The van der Waals surface area contributed by atoms with E-state index in [0.717, 1.165) is 42.9 Å². The van der Waals surface area contributed by atoms with Gasteiger partial charge in [0.2, 0.25) is 0 Å². The lowest BCUT2D eigenvalue weighted by molar-refractivity contribution is 0.303. The lowest BCUT2D eigenvalue weighted by Crippen LogP contribution is -2.38. The van der Waals surface area contributed by atoms with Crippen LogP contribution in [0.4, 0.5) is 10.1 Å². The predicted molar refractivity (Wildman–Crippen MR) is 134 cm³/mol. The summed E-state index contributed by atoms with van der Waals surface area (Å²) in [6, 6.07) is 12.9.